The number of methoxy groups -OCH3 is 1. The van der Waals surface area contributed by atoms with Crippen LogP contribution < -0.4 is 4.74 Å². The van der Waals surface area contributed by atoms with Crippen LogP contribution in [0.1, 0.15) is 17.5 Å². The molecule has 25 heavy (non-hydrogen) atoms. The van der Waals surface area contributed by atoms with Gasteiger partial charge in [-0.25, -0.2) is 8.42 Å². The summed E-state index contributed by atoms with van der Waals surface area (Å²) in [6.07, 6.45) is -0.316. The molecule has 130 valence electrons. The molecule has 0 spiro atoms. The van der Waals surface area contributed by atoms with Crippen LogP contribution in [0, 0.1) is 18.8 Å². The van der Waals surface area contributed by atoms with Gasteiger partial charge in [-0.2, -0.15) is 0 Å². The molecule has 0 aliphatic rings. The van der Waals surface area contributed by atoms with Gasteiger partial charge >= 0.3 is 5.97 Å². The van der Waals surface area contributed by atoms with Crippen molar-refractivity contribution in [3.63, 3.8) is 0 Å². The van der Waals surface area contributed by atoms with Crippen molar-refractivity contribution in [3.05, 3.63) is 59.7 Å². The SMILES string of the molecule is COc1ccccc1C#CCC(C(=O)O)S(=O)(=O)c1ccc(C)cc1. The van der Waals surface area contributed by atoms with E-state index in [0.29, 0.717) is 11.3 Å². The van der Waals surface area contributed by atoms with Gasteiger partial charge in [-0.1, -0.05) is 41.7 Å². The highest BCUT2D eigenvalue weighted by Gasteiger charge is 2.33. The molecule has 5 nitrogen and oxygen atoms in total. The monoisotopic (exact) mass is 358 g/mol. The lowest BCUT2D eigenvalue weighted by atomic mass is 10.2. The molecule has 1 N–H and O–H groups in total. The van der Waals surface area contributed by atoms with Gasteiger partial charge in [-0.3, -0.25) is 4.79 Å². The molecule has 0 radical (unpaired) electrons. The fourth-order valence-corrected chi connectivity index (χ4v) is 3.62. The maximum absolute atomic E-state index is 12.6. The van der Waals surface area contributed by atoms with Crippen LogP contribution in [0.5, 0.6) is 5.75 Å². The van der Waals surface area contributed by atoms with Crippen molar-refractivity contribution >= 4 is 15.8 Å². The van der Waals surface area contributed by atoms with Crippen LogP contribution in [0.4, 0.5) is 0 Å². The first kappa shape index (κ1) is 18.6. The maximum Gasteiger partial charge on any atom is 0.323 e. The van der Waals surface area contributed by atoms with Crippen molar-refractivity contribution in [2.24, 2.45) is 0 Å². The Morgan fingerprint density at radius 3 is 2.40 bits per heavy atom. The highest BCUT2D eigenvalue weighted by atomic mass is 32.2. The van der Waals surface area contributed by atoms with Gasteiger partial charge in [0.15, 0.2) is 15.1 Å². The standard InChI is InChI=1S/C19H18O5S/c1-14-10-12-16(13-11-14)25(22,23)18(19(20)21)9-5-7-15-6-3-4-8-17(15)24-2/h3-4,6,8,10-13,18H,9H2,1-2H3,(H,20,21). The largest absolute Gasteiger partial charge is 0.495 e. The number of hydrogen-bond donors (Lipinski definition) is 1. The van der Waals surface area contributed by atoms with E-state index in [1.165, 1.54) is 19.2 Å². The van der Waals surface area contributed by atoms with Crippen LogP contribution in [0.3, 0.4) is 0 Å². The second kappa shape index (κ2) is 7.86. The number of rotatable bonds is 5. The van der Waals surface area contributed by atoms with E-state index >= 15 is 0 Å². The summed E-state index contributed by atoms with van der Waals surface area (Å²) in [6, 6.07) is 13.1. The van der Waals surface area contributed by atoms with Crippen molar-refractivity contribution in [1.82, 2.24) is 0 Å². The Hall–Kier alpha value is -2.78. The zero-order valence-electron chi connectivity index (χ0n) is 13.9. The minimum Gasteiger partial charge on any atom is -0.495 e. The van der Waals surface area contributed by atoms with Crippen molar-refractivity contribution in [2.45, 2.75) is 23.5 Å². The predicted octanol–water partition coefficient (Wildman–Crippen LogP) is 2.67. The molecule has 2 rings (SSSR count). The molecule has 0 bridgehead atoms. The van der Waals surface area contributed by atoms with Crippen molar-refractivity contribution in [1.29, 1.82) is 0 Å². The molecule has 0 heterocycles. The van der Waals surface area contributed by atoms with E-state index in [1.54, 1.807) is 36.4 Å². The Morgan fingerprint density at radius 1 is 1.16 bits per heavy atom. The average molecular weight is 358 g/mol. The third kappa shape index (κ3) is 4.40. The Morgan fingerprint density at radius 2 is 1.80 bits per heavy atom. The van der Waals surface area contributed by atoms with E-state index in [9.17, 15) is 18.3 Å². The topological polar surface area (TPSA) is 80.7 Å². The zero-order chi connectivity index (χ0) is 18.4. The molecule has 0 aliphatic heterocycles. The number of hydrogen-bond acceptors (Lipinski definition) is 4. The summed E-state index contributed by atoms with van der Waals surface area (Å²) in [4.78, 5) is 11.5. The molecular weight excluding hydrogens is 340 g/mol. The van der Waals surface area contributed by atoms with Gasteiger partial charge in [0.25, 0.3) is 0 Å². The van der Waals surface area contributed by atoms with E-state index in [2.05, 4.69) is 11.8 Å². The first-order chi connectivity index (χ1) is 11.9. The number of para-hydroxylation sites is 1. The molecule has 6 heteroatoms. The summed E-state index contributed by atoms with van der Waals surface area (Å²) in [5.41, 5.74) is 1.46. The lowest BCUT2D eigenvalue weighted by Gasteiger charge is -2.11. The second-order valence-corrected chi connectivity index (χ2v) is 7.52. The van der Waals surface area contributed by atoms with Gasteiger partial charge in [0.05, 0.1) is 17.6 Å². The zero-order valence-corrected chi connectivity index (χ0v) is 14.7. The van der Waals surface area contributed by atoms with Gasteiger partial charge < -0.3 is 9.84 Å². The lowest BCUT2D eigenvalue weighted by molar-refractivity contribution is -0.136. The summed E-state index contributed by atoms with van der Waals surface area (Å²) < 4.78 is 30.3. The molecule has 1 unspecified atom stereocenters. The van der Waals surface area contributed by atoms with E-state index < -0.39 is 21.1 Å². The van der Waals surface area contributed by atoms with Crippen molar-refractivity contribution < 1.29 is 23.1 Å². The highest BCUT2D eigenvalue weighted by molar-refractivity contribution is 7.92. The number of carboxylic acid groups (broad SMARTS) is 1. The number of benzene rings is 2. The molecule has 0 saturated carbocycles. The first-order valence-electron chi connectivity index (χ1n) is 7.51. The lowest BCUT2D eigenvalue weighted by Crippen LogP contribution is -2.29. The molecule has 2 aromatic carbocycles. The highest BCUT2D eigenvalue weighted by Crippen LogP contribution is 2.20. The summed E-state index contributed by atoms with van der Waals surface area (Å²) in [5, 5.41) is 7.72. The average Bonchev–Trinajstić information content (AvgIpc) is 2.58. The van der Waals surface area contributed by atoms with E-state index in [4.69, 9.17) is 4.74 Å². The molecule has 0 fully saturated rings. The van der Waals surface area contributed by atoms with E-state index in [0.717, 1.165) is 5.56 Å². The smallest absolute Gasteiger partial charge is 0.323 e. The molecule has 0 aliphatic carbocycles. The van der Waals surface area contributed by atoms with Gasteiger partial charge in [-0.15, -0.1) is 0 Å². The van der Waals surface area contributed by atoms with Crippen molar-refractivity contribution in [2.75, 3.05) is 7.11 Å². The first-order valence-corrected chi connectivity index (χ1v) is 9.06. The minimum absolute atomic E-state index is 0.0235. The summed E-state index contributed by atoms with van der Waals surface area (Å²) in [5.74, 6) is 4.56. The molecule has 1 atom stereocenters. The number of aryl methyl sites for hydroxylation is 1. The van der Waals surface area contributed by atoms with Crippen LogP contribution in [-0.4, -0.2) is 31.9 Å². The van der Waals surface area contributed by atoms with Gasteiger partial charge in [0.2, 0.25) is 0 Å². The van der Waals surface area contributed by atoms with Crippen LogP contribution in [0.25, 0.3) is 0 Å². The Balaban J connectivity index is 2.29. The Labute approximate surface area is 147 Å². The fraction of sp³-hybridized carbons (Fsp3) is 0.211. The molecular formula is C19H18O5S. The molecule has 2 aromatic rings. The van der Waals surface area contributed by atoms with Gasteiger partial charge in [0.1, 0.15) is 5.75 Å². The quantitative estimate of drug-likeness (QED) is 0.831. The van der Waals surface area contributed by atoms with Crippen LogP contribution in [0.15, 0.2) is 53.4 Å². The third-order valence-electron chi connectivity index (χ3n) is 3.62. The van der Waals surface area contributed by atoms with Gasteiger partial charge in [0, 0.05) is 6.42 Å². The minimum atomic E-state index is -4.02. The van der Waals surface area contributed by atoms with Crippen LogP contribution in [0.2, 0.25) is 0 Å². The molecule has 0 amide bonds. The third-order valence-corrected chi connectivity index (χ3v) is 5.66. The summed E-state index contributed by atoms with van der Waals surface area (Å²) >= 11 is 0. The Bertz CT molecular complexity index is 918. The van der Waals surface area contributed by atoms with Crippen LogP contribution >= 0.6 is 0 Å². The molecule has 0 aromatic heterocycles. The van der Waals surface area contributed by atoms with E-state index in [-0.39, 0.29) is 11.3 Å². The number of carboxylic acids is 1. The number of aliphatic carboxylic acids is 1. The number of sulfone groups is 1. The summed E-state index contributed by atoms with van der Waals surface area (Å²) in [7, 11) is -2.52. The number of carbonyl (C=O) groups is 1. The number of ether oxygens (including phenoxy) is 1. The van der Waals surface area contributed by atoms with E-state index in [1.807, 2.05) is 6.92 Å². The molecule has 0 saturated heterocycles. The normalized spacial score (nSPS) is 11.9. The van der Waals surface area contributed by atoms with Gasteiger partial charge in [-0.05, 0) is 31.2 Å². The van der Waals surface area contributed by atoms with Crippen LogP contribution in [-0.2, 0) is 14.6 Å². The van der Waals surface area contributed by atoms with Crippen molar-refractivity contribution in [3.8, 4) is 17.6 Å². The maximum atomic E-state index is 12.6. The summed E-state index contributed by atoms with van der Waals surface area (Å²) in [6.45, 7) is 1.82. The Kier molecular flexibility index (Phi) is 5.84. The fourth-order valence-electron chi connectivity index (χ4n) is 2.21. The second-order valence-electron chi connectivity index (χ2n) is 5.39. The predicted molar refractivity (Wildman–Crippen MR) is 94.3 cm³/mol.